The first-order valence-corrected chi connectivity index (χ1v) is 8.34. The summed E-state index contributed by atoms with van der Waals surface area (Å²) >= 11 is 0. The van der Waals surface area contributed by atoms with Gasteiger partial charge in [0.1, 0.15) is 5.75 Å². The lowest BCUT2D eigenvalue weighted by molar-refractivity contribution is 0.201. The van der Waals surface area contributed by atoms with E-state index < -0.39 is 0 Å². The van der Waals surface area contributed by atoms with Crippen molar-refractivity contribution in [2.45, 2.75) is 18.9 Å². The van der Waals surface area contributed by atoms with Crippen LogP contribution >= 0.6 is 0 Å². The number of piperidine rings is 1. The van der Waals surface area contributed by atoms with Crippen molar-refractivity contribution < 1.29 is 9.53 Å². The number of methoxy groups -OCH3 is 1. The van der Waals surface area contributed by atoms with Gasteiger partial charge in [0.2, 0.25) is 0 Å². The molecule has 5 nitrogen and oxygen atoms in total. The molecule has 1 N–H and O–H groups in total. The first-order chi connectivity index (χ1) is 11.7. The predicted molar refractivity (Wildman–Crippen MR) is 98.7 cm³/mol. The van der Waals surface area contributed by atoms with Crippen molar-refractivity contribution in [2.24, 2.45) is 0 Å². The molecule has 0 bridgehead atoms. The second kappa shape index (κ2) is 9.01. The number of hydrogen-bond acceptors (Lipinski definition) is 3. The molecule has 1 saturated heterocycles. The lowest BCUT2D eigenvalue weighted by atomic mass is 10.0. The van der Waals surface area contributed by atoms with E-state index >= 15 is 0 Å². The monoisotopic (exact) mass is 329 g/mol. The third-order valence-electron chi connectivity index (χ3n) is 4.25. The molecule has 1 fully saturated rings. The summed E-state index contributed by atoms with van der Waals surface area (Å²) in [7, 11) is 1.67. The molecule has 1 aliphatic heterocycles. The fraction of sp³-hybridized carbons (Fsp3) is 0.421. The van der Waals surface area contributed by atoms with Crippen LogP contribution in [0, 0.1) is 0 Å². The van der Waals surface area contributed by atoms with Gasteiger partial charge in [-0.15, -0.1) is 13.2 Å². The number of hydrogen-bond donors (Lipinski definition) is 1. The summed E-state index contributed by atoms with van der Waals surface area (Å²) in [6.45, 7) is 10.3. The molecule has 24 heavy (non-hydrogen) atoms. The van der Waals surface area contributed by atoms with Crippen molar-refractivity contribution in [1.29, 1.82) is 0 Å². The first kappa shape index (κ1) is 17.9. The third kappa shape index (κ3) is 4.78. The molecule has 0 saturated carbocycles. The van der Waals surface area contributed by atoms with Gasteiger partial charge in [0.05, 0.1) is 7.11 Å². The normalized spacial score (nSPS) is 14.8. The van der Waals surface area contributed by atoms with E-state index in [1.165, 1.54) is 5.69 Å². The minimum absolute atomic E-state index is 0.0438. The summed E-state index contributed by atoms with van der Waals surface area (Å²) in [5.74, 6) is 0.866. The zero-order valence-corrected chi connectivity index (χ0v) is 14.4. The van der Waals surface area contributed by atoms with Crippen LogP contribution in [0.2, 0.25) is 0 Å². The zero-order valence-electron chi connectivity index (χ0n) is 14.4. The van der Waals surface area contributed by atoms with E-state index in [9.17, 15) is 4.79 Å². The Hall–Kier alpha value is -2.43. The molecule has 0 atom stereocenters. The second-order valence-corrected chi connectivity index (χ2v) is 5.89. The average molecular weight is 329 g/mol. The smallest absolute Gasteiger partial charge is 0.318 e. The van der Waals surface area contributed by atoms with Gasteiger partial charge in [0.15, 0.2) is 0 Å². The maximum Gasteiger partial charge on any atom is 0.318 e. The van der Waals surface area contributed by atoms with Crippen LogP contribution in [0.5, 0.6) is 5.75 Å². The van der Waals surface area contributed by atoms with Gasteiger partial charge >= 0.3 is 6.03 Å². The van der Waals surface area contributed by atoms with Gasteiger partial charge in [-0.2, -0.15) is 0 Å². The third-order valence-corrected chi connectivity index (χ3v) is 4.25. The highest BCUT2D eigenvalue weighted by Gasteiger charge is 2.22. The molecule has 0 aromatic heterocycles. The molecule has 0 unspecified atom stereocenters. The topological polar surface area (TPSA) is 44.8 Å². The lowest BCUT2D eigenvalue weighted by Crippen LogP contribution is -2.49. The Bertz CT molecular complexity index is 538. The van der Waals surface area contributed by atoms with Crippen LogP contribution in [0.15, 0.2) is 49.6 Å². The molecule has 1 aromatic carbocycles. The van der Waals surface area contributed by atoms with Crippen molar-refractivity contribution in [1.82, 2.24) is 10.2 Å². The van der Waals surface area contributed by atoms with E-state index in [1.54, 1.807) is 24.2 Å². The molecule has 5 heteroatoms. The molecule has 0 spiro atoms. The highest BCUT2D eigenvalue weighted by molar-refractivity contribution is 5.75. The summed E-state index contributed by atoms with van der Waals surface area (Å²) in [4.78, 5) is 16.3. The summed E-state index contributed by atoms with van der Waals surface area (Å²) in [5.41, 5.74) is 1.19. The Labute approximate surface area is 144 Å². The summed E-state index contributed by atoms with van der Waals surface area (Å²) in [5, 5.41) is 3.12. The SMILES string of the molecule is C=CCN(CC=C)C(=O)NC1CCN(c2ccc(OC)cc2)CC1. The van der Waals surface area contributed by atoms with Gasteiger partial charge in [-0.1, -0.05) is 12.2 Å². The standard InChI is InChI=1S/C19H27N3O2/c1-4-12-22(13-5-2)19(23)20-16-10-14-21(15-11-16)17-6-8-18(24-3)9-7-17/h4-9,16H,1-2,10-15H2,3H3,(H,20,23). The Balaban J connectivity index is 1.84. The van der Waals surface area contributed by atoms with E-state index in [0.717, 1.165) is 31.7 Å². The van der Waals surface area contributed by atoms with Crippen LogP contribution in [0.3, 0.4) is 0 Å². The van der Waals surface area contributed by atoms with Crippen LogP contribution in [0.4, 0.5) is 10.5 Å². The Morgan fingerprint density at radius 3 is 2.33 bits per heavy atom. The molecule has 0 radical (unpaired) electrons. The van der Waals surface area contributed by atoms with E-state index in [-0.39, 0.29) is 12.1 Å². The minimum atomic E-state index is -0.0438. The van der Waals surface area contributed by atoms with Crippen LogP contribution < -0.4 is 15.0 Å². The zero-order chi connectivity index (χ0) is 17.4. The lowest BCUT2D eigenvalue weighted by Gasteiger charge is -2.35. The number of nitrogens with zero attached hydrogens (tertiary/aromatic N) is 2. The number of carbonyl (C=O) groups excluding carboxylic acids is 1. The highest BCUT2D eigenvalue weighted by atomic mass is 16.5. The number of urea groups is 1. The van der Waals surface area contributed by atoms with E-state index in [2.05, 4.69) is 35.5 Å². The predicted octanol–water partition coefficient (Wildman–Crippen LogP) is 3.05. The molecule has 2 amide bonds. The summed E-state index contributed by atoms with van der Waals surface area (Å²) in [6, 6.07) is 8.28. The molecule has 130 valence electrons. The number of nitrogens with one attached hydrogen (secondary N) is 1. The molecule has 0 aliphatic carbocycles. The maximum absolute atomic E-state index is 12.3. The molecular weight excluding hydrogens is 302 g/mol. The van der Waals surface area contributed by atoms with E-state index in [1.807, 2.05) is 12.1 Å². The molecule has 1 aromatic rings. The Morgan fingerprint density at radius 2 is 1.83 bits per heavy atom. The quantitative estimate of drug-likeness (QED) is 0.782. The number of benzene rings is 1. The summed E-state index contributed by atoms with van der Waals surface area (Å²) in [6.07, 6.45) is 5.34. The van der Waals surface area contributed by atoms with Crippen molar-refractivity contribution in [3.63, 3.8) is 0 Å². The van der Waals surface area contributed by atoms with Crippen LogP contribution in [-0.4, -0.2) is 50.3 Å². The van der Waals surface area contributed by atoms with E-state index in [0.29, 0.717) is 13.1 Å². The van der Waals surface area contributed by atoms with Crippen molar-refractivity contribution in [2.75, 3.05) is 38.2 Å². The summed E-state index contributed by atoms with van der Waals surface area (Å²) < 4.78 is 5.19. The fourth-order valence-corrected chi connectivity index (χ4v) is 2.89. The van der Waals surface area contributed by atoms with Gasteiger partial charge in [0, 0.05) is 37.9 Å². The van der Waals surface area contributed by atoms with Gasteiger partial charge in [-0.3, -0.25) is 0 Å². The fourth-order valence-electron chi connectivity index (χ4n) is 2.89. The van der Waals surface area contributed by atoms with Crippen molar-refractivity contribution in [3.8, 4) is 5.75 Å². The second-order valence-electron chi connectivity index (χ2n) is 5.89. The Kier molecular flexibility index (Phi) is 6.73. The van der Waals surface area contributed by atoms with Crippen molar-refractivity contribution >= 4 is 11.7 Å². The van der Waals surface area contributed by atoms with Gasteiger partial charge in [0.25, 0.3) is 0 Å². The molecule has 1 heterocycles. The number of rotatable bonds is 7. The van der Waals surface area contributed by atoms with Crippen LogP contribution in [0.25, 0.3) is 0 Å². The van der Waals surface area contributed by atoms with Crippen molar-refractivity contribution in [3.05, 3.63) is 49.6 Å². The number of carbonyl (C=O) groups is 1. The first-order valence-electron chi connectivity index (χ1n) is 8.34. The van der Waals surface area contributed by atoms with E-state index in [4.69, 9.17) is 4.74 Å². The van der Waals surface area contributed by atoms with Gasteiger partial charge < -0.3 is 19.9 Å². The molecule has 2 rings (SSSR count). The Morgan fingerprint density at radius 1 is 1.25 bits per heavy atom. The van der Waals surface area contributed by atoms with Gasteiger partial charge in [-0.05, 0) is 37.1 Å². The average Bonchev–Trinajstić information content (AvgIpc) is 2.62. The van der Waals surface area contributed by atoms with Crippen LogP contribution in [0.1, 0.15) is 12.8 Å². The largest absolute Gasteiger partial charge is 0.497 e. The number of anilines is 1. The highest BCUT2D eigenvalue weighted by Crippen LogP contribution is 2.22. The van der Waals surface area contributed by atoms with Crippen LogP contribution in [-0.2, 0) is 0 Å². The van der Waals surface area contributed by atoms with Gasteiger partial charge in [-0.25, -0.2) is 4.79 Å². The molecular formula is C19H27N3O2. The number of amides is 2. The number of ether oxygens (including phenoxy) is 1. The minimum Gasteiger partial charge on any atom is -0.497 e. The molecule has 1 aliphatic rings. The maximum atomic E-state index is 12.3.